The van der Waals surface area contributed by atoms with Gasteiger partial charge in [0, 0.05) is 32.2 Å². The molecular formula is C18H26Cl2N2O. The van der Waals surface area contributed by atoms with Crippen molar-refractivity contribution in [2.75, 3.05) is 33.3 Å². The van der Waals surface area contributed by atoms with Crippen LogP contribution in [0.2, 0.25) is 0 Å². The molecule has 0 saturated carbocycles. The molecule has 0 bridgehead atoms. The number of methoxy groups -OCH3 is 1. The maximum absolute atomic E-state index is 5.30. The Bertz CT molecular complexity index is 615. The topological polar surface area (TPSA) is 24.5 Å². The second-order valence-electron chi connectivity index (χ2n) is 5.68. The number of nitrogens with zero attached hydrogens (tertiary/aromatic N) is 1. The van der Waals surface area contributed by atoms with Crippen LogP contribution >= 0.6 is 24.8 Å². The van der Waals surface area contributed by atoms with E-state index in [1.54, 1.807) is 7.11 Å². The molecule has 2 aromatic rings. The number of nitrogens with one attached hydrogen (secondary N) is 1. The maximum atomic E-state index is 5.30. The molecule has 5 heteroatoms. The highest BCUT2D eigenvalue weighted by Gasteiger charge is 2.20. The second kappa shape index (κ2) is 9.33. The van der Waals surface area contributed by atoms with E-state index in [9.17, 15) is 0 Å². The van der Waals surface area contributed by atoms with Crippen LogP contribution in [0.4, 0.5) is 0 Å². The van der Waals surface area contributed by atoms with Gasteiger partial charge in [0.1, 0.15) is 5.75 Å². The molecule has 1 fully saturated rings. The summed E-state index contributed by atoms with van der Waals surface area (Å²) in [7, 11) is 1.72. The van der Waals surface area contributed by atoms with E-state index in [2.05, 4.69) is 47.5 Å². The second-order valence-corrected chi connectivity index (χ2v) is 5.68. The summed E-state index contributed by atoms with van der Waals surface area (Å²) in [5.41, 5.74) is 1.43. The summed E-state index contributed by atoms with van der Waals surface area (Å²) < 4.78 is 5.30. The van der Waals surface area contributed by atoms with Crippen LogP contribution in [0.3, 0.4) is 0 Å². The fourth-order valence-electron chi connectivity index (χ4n) is 3.28. The third-order valence-corrected chi connectivity index (χ3v) is 4.44. The number of rotatable bonds is 4. The molecule has 1 saturated heterocycles. The summed E-state index contributed by atoms with van der Waals surface area (Å²) in [6.45, 7) is 6.76. The summed E-state index contributed by atoms with van der Waals surface area (Å²) in [6.07, 6.45) is 1.15. The van der Waals surface area contributed by atoms with Gasteiger partial charge in [-0.3, -0.25) is 4.90 Å². The van der Waals surface area contributed by atoms with Crippen molar-refractivity contribution >= 4 is 35.6 Å². The lowest BCUT2D eigenvalue weighted by molar-refractivity contribution is 0.169. The highest BCUT2D eigenvalue weighted by molar-refractivity contribution is 5.86. The number of fused-ring (bicyclic) bond motifs is 1. The number of hydrogen-bond acceptors (Lipinski definition) is 3. The highest BCUT2D eigenvalue weighted by Crippen LogP contribution is 2.29. The van der Waals surface area contributed by atoms with Crippen LogP contribution in [0.25, 0.3) is 10.8 Å². The molecule has 3 nitrogen and oxygen atoms in total. The molecule has 0 amide bonds. The summed E-state index contributed by atoms with van der Waals surface area (Å²) in [5, 5.41) is 5.97. The first-order valence-corrected chi connectivity index (χ1v) is 7.84. The molecule has 0 aromatic heterocycles. The minimum absolute atomic E-state index is 0. The molecule has 1 atom stereocenters. The summed E-state index contributed by atoms with van der Waals surface area (Å²) in [4.78, 5) is 2.60. The van der Waals surface area contributed by atoms with E-state index in [1.165, 1.54) is 16.3 Å². The summed E-state index contributed by atoms with van der Waals surface area (Å²) in [5.74, 6) is 0.921. The number of benzene rings is 2. The number of ether oxygens (including phenoxy) is 1. The van der Waals surface area contributed by atoms with Crippen molar-refractivity contribution in [3.8, 4) is 5.75 Å². The molecule has 1 N–H and O–H groups in total. The van der Waals surface area contributed by atoms with E-state index < -0.39 is 0 Å². The van der Waals surface area contributed by atoms with Crippen LogP contribution in [0.1, 0.15) is 24.9 Å². The third kappa shape index (κ3) is 4.51. The van der Waals surface area contributed by atoms with Gasteiger partial charge in [0.25, 0.3) is 0 Å². The summed E-state index contributed by atoms with van der Waals surface area (Å²) >= 11 is 0. The quantitative estimate of drug-likeness (QED) is 0.894. The SMILES string of the molecule is CC[C@H](c1ccc2cc(OC)ccc2c1)N1CCNCC1.Cl.Cl. The van der Waals surface area contributed by atoms with Crippen LogP contribution in [-0.4, -0.2) is 38.2 Å². The van der Waals surface area contributed by atoms with Crippen LogP contribution in [0.15, 0.2) is 36.4 Å². The van der Waals surface area contributed by atoms with Crippen molar-refractivity contribution in [2.24, 2.45) is 0 Å². The average Bonchev–Trinajstić information content (AvgIpc) is 2.56. The van der Waals surface area contributed by atoms with Crippen molar-refractivity contribution in [1.29, 1.82) is 0 Å². The van der Waals surface area contributed by atoms with Gasteiger partial charge < -0.3 is 10.1 Å². The Kier molecular flexibility index (Phi) is 8.13. The lowest BCUT2D eigenvalue weighted by Crippen LogP contribution is -2.45. The Hall–Kier alpha value is -1.000. The van der Waals surface area contributed by atoms with Crippen molar-refractivity contribution in [3.63, 3.8) is 0 Å². The molecule has 23 heavy (non-hydrogen) atoms. The van der Waals surface area contributed by atoms with Crippen LogP contribution < -0.4 is 10.1 Å². The van der Waals surface area contributed by atoms with E-state index in [1.807, 2.05) is 6.07 Å². The molecule has 1 heterocycles. The fraction of sp³-hybridized carbons (Fsp3) is 0.444. The first kappa shape index (κ1) is 20.0. The average molecular weight is 357 g/mol. The minimum atomic E-state index is 0. The van der Waals surface area contributed by atoms with Crippen LogP contribution in [0, 0.1) is 0 Å². The van der Waals surface area contributed by atoms with Gasteiger partial charge >= 0.3 is 0 Å². The fourth-order valence-corrected chi connectivity index (χ4v) is 3.28. The highest BCUT2D eigenvalue weighted by atomic mass is 35.5. The van der Waals surface area contributed by atoms with Gasteiger partial charge in [-0.1, -0.05) is 25.1 Å². The Balaban J connectivity index is 0.00000132. The summed E-state index contributed by atoms with van der Waals surface area (Å²) in [6, 6.07) is 13.7. The molecular weight excluding hydrogens is 331 g/mol. The molecule has 3 rings (SSSR count). The van der Waals surface area contributed by atoms with E-state index in [0.29, 0.717) is 6.04 Å². The number of halogens is 2. The lowest BCUT2D eigenvalue weighted by Gasteiger charge is -2.34. The molecule has 1 aliphatic rings. The standard InChI is InChI=1S/C18H24N2O.2ClH/c1-3-18(20-10-8-19-9-11-20)16-5-4-15-13-17(21-2)7-6-14(15)12-16;;/h4-7,12-13,18-19H,3,8-11H2,1-2H3;2*1H/t18-;;/m1../s1. The maximum Gasteiger partial charge on any atom is 0.119 e. The van der Waals surface area contributed by atoms with E-state index in [-0.39, 0.29) is 24.8 Å². The van der Waals surface area contributed by atoms with Gasteiger partial charge in [0.2, 0.25) is 0 Å². The van der Waals surface area contributed by atoms with Crippen LogP contribution in [-0.2, 0) is 0 Å². The Morgan fingerprint density at radius 3 is 2.35 bits per heavy atom. The van der Waals surface area contributed by atoms with E-state index >= 15 is 0 Å². The Labute approximate surface area is 151 Å². The third-order valence-electron chi connectivity index (χ3n) is 4.44. The molecule has 0 unspecified atom stereocenters. The molecule has 0 spiro atoms. The zero-order valence-electron chi connectivity index (χ0n) is 13.7. The monoisotopic (exact) mass is 356 g/mol. The van der Waals surface area contributed by atoms with Gasteiger partial charge in [-0.2, -0.15) is 0 Å². The molecule has 0 radical (unpaired) electrons. The molecule has 2 aromatic carbocycles. The first-order chi connectivity index (χ1) is 10.3. The predicted molar refractivity (Wildman–Crippen MR) is 102 cm³/mol. The van der Waals surface area contributed by atoms with Crippen LogP contribution in [0.5, 0.6) is 5.75 Å². The minimum Gasteiger partial charge on any atom is -0.497 e. The normalized spacial score (nSPS) is 16.3. The van der Waals surface area contributed by atoms with Crippen molar-refractivity contribution in [3.05, 3.63) is 42.0 Å². The smallest absolute Gasteiger partial charge is 0.119 e. The van der Waals surface area contributed by atoms with Gasteiger partial charge in [0.15, 0.2) is 0 Å². The number of piperazine rings is 1. The van der Waals surface area contributed by atoms with Crippen molar-refractivity contribution in [1.82, 2.24) is 10.2 Å². The number of hydrogen-bond donors (Lipinski definition) is 1. The Morgan fingerprint density at radius 2 is 1.70 bits per heavy atom. The first-order valence-electron chi connectivity index (χ1n) is 7.84. The predicted octanol–water partition coefficient (Wildman–Crippen LogP) is 4.05. The van der Waals surface area contributed by atoms with Gasteiger partial charge in [-0.25, -0.2) is 0 Å². The van der Waals surface area contributed by atoms with Crippen molar-refractivity contribution in [2.45, 2.75) is 19.4 Å². The lowest BCUT2D eigenvalue weighted by atomic mass is 9.98. The largest absolute Gasteiger partial charge is 0.497 e. The van der Waals surface area contributed by atoms with Crippen molar-refractivity contribution < 1.29 is 4.74 Å². The van der Waals surface area contributed by atoms with Gasteiger partial charge in [-0.15, -0.1) is 24.8 Å². The van der Waals surface area contributed by atoms with Gasteiger partial charge in [-0.05, 0) is 41.0 Å². The zero-order valence-corrected chi connectivity index (χ0v) is 15.4. The van der Waals surface area contributed by atoms with E-state index in [0.717, 1.165) is 38.3 Å². The molecule has 1 aliphatic heterocycles. The van der Waals surface area contributed by atoms with E-state index in [4.69, 9.17) is 4.74 Å². The Morgan fingerprint density at radius 1 is 1.04 bits per heavy atom. The zero-order chi connectivity index (χ0) is 14.7. The molecule has 128 valence electrons. The van der Waals surface area contributed by atoms with Gasteiger partial charge in [0.05, 0.1) is 7.11 Å². The molecule has 0 aliphatic carbocycles.